The minimum absolute atomic E-state index is 0.0929. The van der Waals surface area contributed by atoms with Gasteiger partial charge in [-0.2, -0.15) is 0 Å². The fourth-order valence-corrected chi connectivity index (χ4v) is 4.34. The lowest BCUT2D eigenvalue weighted by Gasteiger charge is -2.11. The molecule has 0 saturated heterocycles. The molecule has 1 aromatic carbocycles. The van der Waals surface area contributed by atoms with E-state index in [4.69, 9.17) is 0 Å². The predicted molar refractivity (Wildman–Crippen MR) is 128 cm³/mol. The lowest BCUT2D eigenvalue weighted by molar-refractivity contribution is -0.120. The number of amides is 2. The summed E-state index contributed by atoms with van der Waals surface area (Å²) in [5.74, 6) is 1.15. The van der Waals surface area contributed by atoms with Crippen molar-refractivity contribution in [2.24, 2.45) is 5.92 Å². The van der Waals surface area contributed by atoms with Gasteiger partial charge in [0.2, 0.25) is 5.91 Å². The quantitative estimate of drug-likeness (QED) is 0.326. The van der Waals surface area contributed by atoms with E-state index in [-0.39, 0.29) is 18.2 Å². The van der Waals surface area contributed by atoms with E-state index in [9.17, 15) is 9.59 Å². The fourth-order valence-electron chi connectivity index (χ4n) is 3.11. The molecule has 32 heavy (non-hydrogen) atoms. The van der Waals surface area contributed by atoms with Crippen molar-refractivity contribution in [2.75, 3.05) is 18.1 Å². The van der Waals surface area contributed by atoms with Gasteiger partial charge in [-0.25, -0.2) is 4.98 Å². The van der Waals surface area contributed by atoms with Gasteiger partial charge < -0.3 is 9.88 Å². The number of carbonyl (C=O) groups excluding carboxylic acids is 2. The Hall–Kier alpha value is -2.72. The van der Waals surface area contributed by atoms with Gasteiger partial charge in [-0.3, -0.25) is 14.9 Å². The molecule has 10 heteroatoms. The number of hydrogen-bond donors (Lipinski definition) is 2. The number of hydrogen-bond acceptors (Lipinski definition) is 7. The minimum Gasteiger partial charge on any atom is -0.356 e. The monoisotopic (exact) mass is 472 g/mol. The molecule has 3 aromatic rings. The Morgan fingerprint density at radius 1 is 1.19 bits per heavy atom. The molecule has 0 fully saturated rings. The number of thiazole rings is 1. The van der Waals surface area contributed by atoms with E-state index in [0.717, 1.165) is 30.4 Å². The standard InChI is InChI=1S/C22H28N6O2S2/c1-15(2)13-28-18(26-27-22(28)31-3)10-7-11-23-19(29)12-17-14-32-21(24-17)25-20(30)16-8-5-4-6-9-16/h4-6,8-9,14-15H,7,10-13H2,1-3H3,(H,23,29)(H,24,25,30). The molecule has 170 valence electrons. The first-order chi connectivity index (χ1) is 15.5. The lowest BCUT2D eigenvalue weighted by Crippen LogP contribution is -2.26. The molecule has 0 unspecified atom stereocenters. The van der Waals surface area contributed by atoms with Crippen LogP contribution in [0.4, 0.5) is 5.13 Å². The van der Waals surface area contributed by atoms with E-state index in [1.54, 1.807) is 29.3 Å². The van der Waals surface area contributed by atoms with Gasteiger partial charge in [0.1, 0.15) is 5.82 Å². The molecule has 3 rings (SSSR count). The largest absolute Gasteiger partial charge is 0.356 e. The summed E-state index contributed by atoms with van der Waals surface area (Å²) in [5.41, 5.74) is 1.20. The van der Waals surface area contributed by atoms with Crippen molar-refractivity contribution in [1.82, 2.24) is 25.1 Å². The van der Waals surface area contributed by atoms with E-state index < -0.39 is 0 Å². The number of nitrogens with zero attached hydrogens (tertiary/aromatic N) is 4. The Morgan fingerprint density at radius 3 is 2.69 bits per heavy atom. The van der Waals surface area contributed by atoms with Crippen molar-refractivity contribution < 1.29 is 9.59 Å². The number of anilines is 1. The average Bonchev–Trinajstić information content (AvgIpc) is 3.37. The molecule has 2 amide bonds. The van der Waals surface area contributed by atoms with Gasteiger partial charge in [0, 0.05) is 30.5 Å². The average molecular weight is 473 g/mol. The Morgan fingerprint density at radius 2 is 1.97 bits per heavy atom. The van der Waals surface area contributed by atoms with Crippen LogP contribution in [-0.2, 0) is 24.2 Å². The number of thioether (sulfide) groups is 1. The highest BCUT2D eigenvalue weighted by Crippen LogP contribution is 2.18. The maximum absolute atomic E-state index is 12.3. The molecular weight excluding hydrogens is 444 g/mol. The van der Waals surface area contributed by atoms with E-state index in [0.29, 0.717) is 28.9 Å². The van der Waals surface area contributed by atoms with Crippen LogP contribution in [0.5, 0.6) is 0 Å². The van der Waals surface area contributed by atoms with Crippen LogP contribution in [0.15, 0.2) is 40.9 Å². The third kappa shape index (κ3) is 6.89. The molecule has 0 spiro atoms. The van der Waals surface area contributed by atoms with Gasteiger partial charge >= 0.3 is 0 Å². The Labute approximate surface area is 196 Å². The summed E-state index contributed by atoms with van der Waals surface area (Å²) in [7, 11) is 0. The maximum Gasteiger partial charge on any atom is 0.257 e. The highest BCUT2D eigenvalue weighted by Gasteiger charge is 2.13. The molecule has 0 aliphatic rings. The molecule has 2 N–H and O–H groups in total. The van der Waals surface area contributed by atoms with Crippen LogP contribution < -0.4 is 10.6 Å². The van der Waals surface area contributed by atoms with E-state index in [1.165, 1.54) is 11.3 Å². The zero-order valence-corrected chi connectivity index (χ0v) is 20.1. The molecule has 0 radical (unpaired) electrons. The second kappa shape index (κ2) is 11.8. The highest BCUT2D eigenvalue weighted by atomic mass is 32.2. The van der Waals surface area contributed by atoms with E-state index in [2.05, 4.69) is 44.2 Å². The molecule has 0 bridgehead atoms. The van der Waals surface area contributed by atoms with E-state index in [1.807, 2.05) is 24.5 Å². The predicted octanol–water partition coefficient (Wildman–Crippen LogP) is 3.66. The highest BCUT2D eigenvalue weighted by molar-refractivity contribution is 7.98. The van der Waals surface area contributed by atoms with Crippen molar-refractivity contribution >= 4 is 40.0 Å². The van der Waals surface area contributed by atoms with Crippen molar-refractivity contribution in [3.63, 3.8) is 0 Å². The van der Waals surface area contributed by atoms with Gasteiger partial charge in [0.25, 0.3) is 5.91 Å². The maximum atomic E-state index is 12.3. The number of aromatic nitrogens is 4. The van der Waals surface area contributed by atoms with Crippen LogP contribution in [0.3, 0.4) is 0 Å². The Kier molecular flexibility index (Phi) is 8.81. The van der Waals surface area contributed by atoms with Crippen molar-refractivity contribution in [2.45, 2.75) is 44.8 Å². The smallest absolute Gasteiger partial charge is 0.257 e. The van der Waals surface area contributed by atoms with E-state index >= 15 is 0 Å². The van der Waals surface area contributed by atoms with Gasteiger partial charge in [-0.1, -0.05) is 43.8 Å². The van der Waals surface area contributed by atoms with Crippen LogP contribution in [0.25, 0.3) is 0 Å². The molecular formula is C22H28N6O2S2. The number of carbonyl (C=O) groups is 2. The molecule has 0 aliphatic heterocycles. The van der Waals surface area contributed by atoms with Crippen LogP contribution in [0, 0.1) is 5.92 Å². The number of aryl methyl sites for hydroxylation is 1. The van der Waals surface area contributed by atoms with Crippen LogP contribution in [-0.4, -0.2) is 44.4 Å². The minimum atomic E-state index is -0.217. The normalized spacial score (nSPS) is 11.0. The second-order valence-corrected chi connectivity index (χ2v) is 9.33. The summed E-state index contributed by atoms with van der Waals surface area (Å²) in [6, 6.07) is 8.95. The molecule has 8 nitrogen and oxygen atoms in total. The number of rotatable bonds is 11. The Bertz CT molecular complexity index is 1030. The van der Waals surface area contributed by atoms with Gasteiger partial charge in [-0.15, -0.1) is 21.5 Å². The van der Waals surface area contributed by atoms with Crippen LogP contribution >= 0.6 is 23.1 Å². The van der Waals surface area contributed by atoms with Gasteiger partial charge in [0.05, 0.1) is 12.1 Å². The summed E-state index contributed by atoms with van der Waals surface area (Å²) in [4.78, 5) is 28.8. The first kappa shape index (κ1) is 23.9. The van der Waals surface area contributed by atoms with Crippen molar-refractivity contribution in [1.29, 1.82) is 0 Å². The van der Waals surface area contributed by atoms with Crippen molar-refractivity contribution in [3.8, 4) is 0 Å². The molecule has 0 atom stereocenters. The first-order valence-corrected chi connectivity index (χ1v) is 12.6. The molecule has 2 heterocycles. The van der Waals surface area contributed by atoms with Crippen LogP contribution in [0.2, 0.25) is 0 Å². The zero-order valence-electron chi connectivity index (χ0n) is 18.5. The topological polar surface area (TPSA) is 102 Å². The van der Waals surface area contributed by atoms with Crippen molar-refractivity contribution in [3.05, 3.63) is 52.8 Å². The summed E-state index contributed by atoms with van der Waals surface area (Å²) < 4.78 is 2.16. The third-order valence-electron chi connectivity index (χ3n) is 4.57. The summed E-state index contributed by atoms with van der Waals surface area (Å²) in [6.45, 7) is 5.79. The lowest BCUT2D eigenvalue weighted by atomic mass is 10.2. The first-order valence-electron chi connectivity index (χ1n) is 10.5. The van der Waals surface area contributed by atoms with Gasteiger partial charge in [-0.05, 0) is 30.7 Å². The summed E-state index contributed by atoms with van der Waals surface area (Å²) in [5, 5.41) is 17.5. The number of benzene rings is 1. The van der Waals surface area contributed by atoms with Crippen LogP contribution in [0.1, 0.15) is 42.1 Å². The SMILES string of the molecule is CSc1nnc(CCCNC(=O)Cc2csc(NC(=O)c3ccccc3)n2)n1CC(C)C. The zero-order chi connectivity index (χ0) is 22.9. The van der Waals surface area contributed by atoms with Gasteiger partial charge in [0.15, 0.2) is 10.3 Å². The summed E-state index contributed by atoms with van der Waals surface area (Å²) in [6.07, 6.45) is 3.72. The Balaban J connectivity index is 1.42. The molecule has 0 saturated carbocycles. The second-order valence-electron chi connectivity index (χ2n) is 7.70. The third-order valence-corrected chi connectivity index (χ3v) is 6.05. The number of nitrogens with one attached hydrogen (secondary N) is 2. The molecule has 2 aromatic heterocycles. The fraction of sp³-hybridized carbons (Fsp3) is 0.409. The molecule has 0 aliphatic carbocycles. The summed E-state index contributed by atoms with van der Waals surface area (Å²) >= 11 is 2.90.